The highest BCUT2D eigenvalue weighted by Gasteiger charge is 2.29. The van der Waals surface area contributed by atoms with Gasteiger partial charge in [-0.2, -0.15) is 0 Å². The van der Waals surface area contributed by atoms with Gasteiger partial charge in [0.1, 0.15) is 0 Å². The standard InChI is InChI=1S/C10H17NO4/c1-7(2)8(9(12)13)15-10(14)11-5-3-4-6-11/h7-8H,3-6H2,1-2H3,(H,12,13)/t8-/m1/s1. The number of hydrogen-bond donors (Lipinski definition) is 1. The van der Waals surface area contributed by atoms with Gasteiger partial charge >= 0.3 is 12.1 Å². The van der Waals surface area contributed by atoms with Crippen LogP contribution in [0.5, 0.6) is 0 Å². The van der Waals surface area contributed by atoms with Crippen molar-refractivity contribution >= 4 is 12.1 Å². The van der Waals surface area contributed by atoms with Crippen molar-refractivity contribution in [2.45, 2.75) is 32.8 Å². The summed E-state index contributed by atoms with van der Waals surface area (Å²) in [6.45, 7) is 4.78. The highest BCUT2D eigenvalue weighted by Crippen LogP contribution is 2.13. The summed E-state index contributed by atoms with van der Waals surface area (Å²) in [7, 11) is 0. The molecule has 1 heterocycles. The Balaban J connectivity index is 2.50. The van der Waals surface area contributed by atoms with Crippen LogP contribution in [0.15, 0.2) is 0 Å². The van der Waals surface area contributed by atoms with Crippen LogP contribution in [-0.2, 0) is 9.53 Å². The van der Waals surface area contributed by atoms with E-state index in [9.17, 15) is 9.59 Å². The van der Waals surface area contributed by atoms with Crippen molar-refractivity contribution < 1.29 is 19.4 Å². The molecule has 0 spiro atoms. The van der Waals surface area contributed by atoms with Crippen molar-refractivity contribution in [2.75, 3.05) is 13.1 Å². The van der Waals surface area contributed by atoms with E-state index in [1.807, 2.05) is 0 Å². The summed E-state index contributed by atoms with van der Waals surface area (Å²) in [5, 5.41) is 8.84. The number of carboxylic acid groups (broad SMARTS) is 1. The highest BCUT2D eigenvalue weighted by atomic mass is 16.6. The van der Waals surface area contributed by atoms with E-state index in [1.165, 1.54) is 0 Å². The Morgan fingerprint density at radius 2 is 1.80 bits per heavy atom. The SMILES string of the molecule is CC(C)[C@@H](OC(=O)N1CCCC1)C(=O)O. The summed E-state index contributed by atoms with van der Waals surface area (Å²) < 4.78 is 4.94. The Hall–Kier alpha value is -1.26. The third-order valence-corrected chi connectivity index (χ3v) is 2.44. The van der Waals surface area contributed by atoms with E-state index >= 15 is 0 Å². The lowest BCUT2D eigenvalue weighted by atomic mass is 10.1. The fourth-order valence-corrected chi connectivity index (χ4v) is 1.55. The molecule has 1 N–H and O–H groups in total. The largest absolute Gasteiger partial charge is 0.478 e. The lowest BCUT2D eigenvalue weighted by Crippen LogP contribution is -2.37. The minimum absolute atomic E-state index is 0.214. The van der Waals surface area contributed by atoms with E-state index in [4.69, 9.17) is 9.84 Å². The van der Waals surface area contributed by atoms with Gasteiger partial charge in [0.05, 0.1) is 0 Å². The molecule has 0 radical (unpaired) electrons. The summed E-state index contributed by atoms with van der Waals surface area (Å²) in [6.07, 6.45) is 0.384. The molecule has 1 atom stereocenters. The van der Waals surface area contributed by atoms with Gasteiger partial charge in [-0.3, -0.25) is 0 Å². The molecular weight excluding hydrogens is 198 g/mol. The first-order chi connectivity index (χ1) is 7.02. The lowest BCUT2D eigenvalue weighted by Gasteiger charge is -2.21. The maximum absolute atomic E-state index is 11.5. The van der Waals surface area contributed by atoms with E-state index in [2.05, 4.69) is 0 Å². The van der Waals surface area contributed by atoms with Crippen molar-refractivity contribution in [3.63, 3.8) is 0 Å². The van der Waals surface area contributed by atoms with Gasteiger partial charge in [0.25, 0.3) is 0 Å². The third-order valence-electron chi connectivity index (χ3n) is 2.44. The van der Waals surface area contributed by atoms with Gasteiger partial charge in [0.15, 0.2) is 0 Å². The van der Waals surface area contributed by atoms with E-state index in [1.54, 1.807) is 18.7 Å². The Morgan fingerprint density at radius 1 is 1.27 bits per heavy atom. The summed E-state index contributed by atoms with van der Waals surface area (Å²) in [5.41, 5.74) is 0. The number of carbonyl (C=O) groups excluding carboxylic acids is 1. The van der Waals surface area contributed by atoms with Gasteiger partial charge in [-0.25, -0.2) is 9.59 Å². The van der Waals surface area contributed by atoms with Crippen LogP contribution in [0.3, 0.4) is 0 Å². The first-order valence-electron chi connectivity index (χ1n) is 5.20. The summed E-state index contributed by atoms with van der Waals surface area (Å²) in [6, 6.07) is 0. The van der Waals surface area contributed by atoms with E-state index in [0.29, 0.717) is 13.1 Å². The number of carboxylic acids is 1. The zero-order valence-corrected chi connectivity index (χ0v) is 9.10. The molecule has 0 saturated carbocycles. The molecule has 0 aromatic carbocycles. The van der Waals surface area contributed by atoms with Crippen molar-refractivity contribution in [1.29, 1.82) is 0 Å². The molecule has 0 bridgehead atoms. The first kappa shape index (κ1) is 11.8. The van der Waals surface area contributed by atoms with Crippen LogP contribution < -0.4 is 0 Å². The Labute approximate surface area is 89.0 Å². The monoisotopic (exact) mass is 215 g/mol. The first-order valence-corrected chi connectivity index (χ1v) is 5.20. The molecule has 1 saturated heterocycles. The number of likely N-dealkylation sites (tertiary alicyclic amines) is 1. The molecule has 86 valence electrons. The number of rotatable bonds is 3. The summed E-state index contributed by atoms with van der Waals surface area (Å²) in [4.78, 5) is 23.9. The van der Waals surface area contributed by atoms with Crippen LogP contribution in [0.4, 0.5) is 4.79 Å². The van der Waals surface area contributed by atoms with Crippen molar-refractivity contribution in [2.24, 2.45) is 5.92 Å². The molecule has 1 amide bonds. The van der Waals surface area contributed by atoms with Crippen LogP contribution in [-0.4, -0.2) is 41.3 Å². The number of hydrogen-bond acceptors (Lipinski definition) is 3. The number of amides is 1. The van der Waals surface area contributed by atoms with Crippen LogP contribution >= 0.6 is 0 Å². The lowest BCUT2D eigenvalue weighted by molar-refractivity contribution is -0.149. The summed E-state index contributed by atoms with van der Waals surface area (Å²) >= 11 is 0. The minimum Gasteiger partial charge on any atom is -0.478 e. The third kappa shape index (κ3) is 3.11. The van der Waals surface area contributed by atoms with Crippen molar-refractivity contribution in [3.8, 4) is 0 Å². The molecule has 0 aromatic heterocycles. The Morgan fingerprint density at radius 3 is 2.20 bits per heavy atom. The number of aliphatic carboxylic acids is 1. The second-order valence-corrected chi connectivity index (χ2v) is 4.08. The van der Waals surface area contributed by atoms with Crippen LogP contribution in [0, 0.1) is 5.92 Å². The number of ether oxygens (including phenoxy) is 1. The highest BCUT2D eigenvalue weighted by molar-refractivity contribution is 5.77. The van der Waals surface area contributed by atoms with Crippen LogP contribution in [0.2, 0.25) is 0 Å². The van der Waals surface area contributed by atoms with Crippen LogP contribution in [0.25, 0.3) is 0 Å². The van der Waals surface area contributed by atoms with Gasteiger partial charge in [-0.05, 0) is 12.8 Å². The van der Waals surface area contributed by atoms with Gasteiger partial charge < -0.3 is 14.7 Å². The van der Waals surface area contributed by atoms with Gasteiger partial charge in [-0.15, -0.1) is 0 Å². The minimum atomic E-state index is -1.09. The smallest absolute Gasteiger partial charge is 0.410 e. The second kappa shape index (κ2) is 5.00. The maximum Gasteiger partial charge on any atom is 0.410 e. The normalized spacial score (nSPS) is 17.9. The molecule has 0 aromatic rings. The van der Waals surface area contributed by atoms with Gasteiger partial charge in [0.2, 0.25) is 6.10 Å². The quantitative estimate of drug-likeness (QED) is 0.771. The molecule has 1 aliphatic heterocycles. The second-order valence-electron chi connectivity index (χ2n) is 4.08. The Kier molecular flexibility index (Phi) is 3.94. The van der Waals surface area contributed by atoms with Gasteiger partial charge in [0, 0.05) is 19.0 Å². The number of carbonyl (C=O) groups is 2. The van der Waals surface area contributed by atoms with Crippen molar-refractivity contribution in [3.05, 3.63) is 0 Å². The van der Waals surface area contributed by atoms with E-state index in [0.717, 1.165) is 12.8 Å². The average Bonchev–Trinajstić information content (AvgIpc) is 2.65. The Bertz CT molecular complexity index is 246. The van der Waals surface area contributed by atoms with Gasteiger partial charge in [-0.1, -0.05) is 13.8 Å². The van der Waals surface area contributed by atoms with Crippen molar-refractivity contribution in [1.82, 2.24) is 4.90 Å². The molecule has 0 unspecified atom stereocenters. The predicted molar refractivity (Wildman–Crippen MR) is 53.5 cm³/mol. The average molecular weight is 215 g/mol. The molecule has 1 aliphatic rings. The van der Waals surface area contributed by atoms with E-state index < -0.39 is 18.2 Å². The molecule has 1 fully saturated rings. The zero-order chi connectivity index (χ0) is 11.4. The molecule has 5 nitrogen and oxygen atoms in total. The van der Waals surface area contributed by atoms with E-state index in [-0.39, 0.29) is 5.92 Å². The molecule has 0 aliphatic carbocycles. The fraction of sp³-hybridized carbons (Fsp3) is 0.800. The summed E-state index contributed by atoms with van der Waals surface area (Å²) in [5.74, 6) is -1.30. The molecule has 15 heavy (non-hydrogen) atoms. The topological polar surface area (TPSA) is 66.8 Å². The maximum atomic E-state index is 11.5. The molecular formula is C10H17NO4. The zero-order valence-electron chi connectivity index (χ0n) is 9.10. The fourth-order valence-electron chi connectivity index (χ4n) is 1.55. The predicted octanol–water partition coefficient (Wildman–Crippen LogP) is 1.33. The van der Waals surface area contributed by atoms with Crippen LogP contribution in [0.1, 0.15) is 26.7 Å². The molecule has 5 heteroatoms. The molecule has 1 rings (SSSR count). The number of nitrogens with zero attached hydrogens (tertiary/aromatic N) is 1.